The van der Waals surface area contributed by atoms with E-state index in [1.54, 1.807) is 30.8 Å². The fourth-order valence-corrected chi connectivity index (χ4v) is 5.97. The number of hydrogen-bond donors (Lipinski definition) is 1. The van der Waals surface area contributed by atoms with Gasteiger partial charge in [-0.1, -0.05) is 18.2 Å². The van der Waals surface area contributed by atoms with Gasteiger partial charge in [0.1, 0.15) is 11.1 Å². The minimum atomic E-state index is -0.422. The Morgan fingerprint density at radius 1 is 1.30 bits per heavy atom. The summed E-state index contributed by atoms with van der Waals surface area (Å²) >= 11 is 2.89. The lowest BCUT2D eigenvalue weighted by Gasteiger charge is -2.13. The second kappa shape index (κ2) is 10.9. The maximum absolute atomic E-state index is 13.0. The summed E-state index contributed by atoms with van der Waals surface area (Å²) in [4.78, 5) is 18.3. The Bertz CT molecular complexity index is 1150. The number of ether oxygens (including phenoxy) is 1. The number of thiophene rings is 1. The number of rotatable bonds is 8. The first-order valence-electron chi connectivity index (χ1n) is 11.0. The van der Waals surface area contributed by atoms with Crippen molar-refractivity contribution in [1.82, 2.24) is 19.7 Å². The molecule has 8 nitrogen and oxygen atoms in total. The van der Waals surface area contributed by atoms with Crippen LogP contribution in [-0.4, -0.2) is 44.6 Å². The van der Waals surface area contributed by atoms with Crippen molar-refractivity contribution in [2.24, 2.45) is 0 Å². The molecule has 0 unspecified atom stereocenters. The molecule has 0 bridgehead atoms. The third-order valence-electron chi connectivity index (χ3n) is 5.60. The molecule has 1 amide bonds. The number of aromatic nitrogens is 4. The van der Waals surface area contributed by atoms with Gasteiger partial charge in [0.2, 0.25) is 5.91 Å². The van der Waals surface area contributed by atoms with E-state index < -0.39 is 5.25 Å². The van der Waals surface area contributed by atoms with Gasteiger partial charge in [-0.3, -0.25) is 14.3 Å². The van der Waals surface area contributed by atoms with Crippen LogP contribution in [0.1, 0.15) is 42.2 Å². The lowest BCUT2D eigenvalue weighted by atomic mass is 10.1. The van der Waals surface area contributed by atoms with E-state index in [2.05, 4.69) is 26.6 Å². The molecule has 3 aromatic heterocycles. The maximum atomic E-state index is 13.0. The van der Waals surface area contributed by atoms with Crippen molar-refractivity contribution in [3.63, 3.8) is 0 Å². The van der Waals surface area contributed by atoms with Gasteiger partial charge in [-0.05, 0) is 50.3 Å². The molecule has 4 rings (SSSR count). The van der Waals surface area contributed by atoms with E-state index in [4.69, 9.17) is 4.74 Å². The second-order valence-electron chi connectivity index (χ2n) is 7.82. The molecule has 0 saturated carbocycles. The van der Waals surface area contributed by atoms with Crippen LogP contribution >= 0.6 is 23.1 Å². The zero-order valence-corrected chi connectivity index (χ0v) is 20.3. The van der Waals surface area contributed by atoms with Crippen LogP contribution < -0.4 is 5.32 Å². The minimum Gasteiger partial charge on any atom is -0.383 e. The summed E-state index contributed by atoms with van der Waals surface area (Å²) in [5.74, 6) is 0.554. The third-order valence-corrected chi connectivity index (χ3v) is 7.88. The average Bonchev–Trinajstić information content (AvgIpc) is 3.29. The molecule has 33 heavy (non-hydrogen) atoms. The number of amides is 1. The molecule has 172 valence electrons. The Balaban J connectivity index is 1.52. The van der Waals surface area contributed by atoms with Crippen LogP contribution in [0.3, 0.4) is 0 Å². The van der Waals surface area contributed by atoms with E-state index in [1.165, 1.54) is 23.1 Å². The summed E-state index contributed by atoms with van der Waals surface area (Å²) in [7, 11) is 1.65. The highest BCUT2D eigenvalue weighted by Crippen LogP contribution is 2.37. The highest BCUT2D eigenvalue weighted by atomic mass is 32.2. The van der Waals surface area contributed by atoms with Gasteiger partial charge in [0.05, 0.1) is 24.0 Å². The number of fused-ring (bicyclic) bond motifs is 1. The number of hydrogen-bond acceptors (Lipinski definition) is 8. The van der Waals surface area contributed by atoms with Crippen molar-refractivity contribution in [1.29, 1.82) is 5.26 Å². The molecule has 3 aromatic rings. The molecule has 0 spiro atoms. The molecule has 0 fully saturated rings. The van der Waals surface area contributed by atoms with Crippen LogP contribution in [0.5, 0.6) is 0 Å². The maximum Gasteiger partial charge on any atom is 0.238 e. The van der Waals surface area contributed by atoms with Crippen molar-refractivity contribution in [2.75, 3.05) is 19.0 Å². The number of thioether (sulfide) groups is 1. The zero-order valence-electron chi connectivity index (χ0n) is 18.7. The second-order valence-corrected chi connectivity index (χ2v) is 10.2. The smallest absolute Gasteiger partial charge is 0.238 e. The van der Waals surface area contributed by atoms with Gasteiger partial charge >= 0.3 is 0 Å². The van der Waals surface area contributed by atoms with Crippen LogP contribution in [0.25, 0.3) is 11.4 Å². The van der Waals surface area contributed by atoms with E-state index in [9.17, 15) is 10.1 Å². The number of anilines is 1. The van der Waals surface area contributed by atoms with Crippen molar-refractivity contribution in [3.8, 4) is 17.5 Å². The van der Waals surface area contributed by atoms with Crippen molar-refractivity contribution < 1.29 is 9.53 Å². The van der Waals surface area contributed by atoms with Gasteiger partial charge in [0, 0.05) is 29.9 Å². The van der Waals surface area contributed by atoms with E-state index in [1.807, 2.05) is 23.6 Å². The predicted molar refractivity (Wildman–Crippen MR) is 129 cm³/mol. The topological polar surface area (TPSA) is 106 Å². The normalized spacial score (nSPS) is 14.2. The molecule has 3 heterocycles. The van der Waals surface area contributed by atoms with Crippen molar-refractivity contribution >= 4 is 34.0 Å². The number of aryl methyl sites for hydroxylation is 1. The first-order chi connectivity index (χ1) is 16.1. The van der Waals surface area contributed by atoms with E-state index in [-0.39, 0.29) is 5.91 Å². The lowest BCUT2D eigenvalue weighted by molar-refractivity contribution is -0.115. The Labute approximate surface area is 201 Å². The van der Waals surface area contributed by atoms with Gasteiger partial charge in [-0.15, -0.1) is 21.5 Å². The molecule has 0 aliphatic heterocycles. The zero-order chi connectivity index (χ0) is 23.2. The number of carbonyl (C=O) groups excluding carboxylic acids is 1. The number of carbonyl (C=O) groups is 1. The number of nitrogens with zero attached hydrogens (tertiary/aromatic N) is 5. The SMILES string of the molecule is COCCn1c(S[C@H](C)C(=O)Nc2sc3c(c2C#N)CCCCC3)nnc1-c1ccncc1. The molecule has 0 aromatic carbocycles. The Hall–Kier alpha value is -2.74. The summed E-state index contributed by atoms with van der Waals surface area (Å²) in [5.41, 5.74) is 2.65. The quantitative estimate of drug-likeness (QED) is 0.377. The van der Waals surface area contributed by atoms with Gasteiger partial charge in [0.25, 0.3) is 0 Å². The standard InChI is InChI=1S/C23H26N6O2S2/c1-15(21(30)26-22-18(14-24)17-6-4-3-5-7-19(17)33-22)32-23-28-27-20(29(23)12-13-31-2)16-8-10-25-11-9-16/h8-11,15H,3-7,12-13H2,1-2H3,(H,26,30)/t15-/m1/s1. The molecule has 0 radical (unpaired) electrons. The Morgan fingerprint density at radius 2 is 2.09 bits per heavy atom. The highest BCUT2D eigenvalue weighted by molar-refractivity contribution is 8.00. The molecular weight excluding hydrogens is 456 g/mol. The number of nitrogens with one attached hydrogen (secondary N) is 1. The first-order valence-corrected chi connectivity index (χ1v) is 12.7. The van der Waals surface area contributed by atoms with Crippen LogP contribution in [-0.2, 0) is 28.9 Å². The van der Waals surface area contributed by atoms with E-state index >= 15 is 0 Å². The molecule has 1 atom stereocenters. The third kappa shape index (κ3) is 5.27. The van der Waals surface area contributed by atoms with Crippen LogP contribution in [0, 0.1) is 11.3 Å². The van der Waals surface area contributed by atoms with Crippen LogP contribution in [0.4, 0.5) is 5.00 Å². The number of nitriles is 1. The van der Waals surface area contributed by atoms with Gasteiger partial charge in [0.15, 0.2) is 11.0 Å². The fraction of sp³-hybridized carbons (Fsp3) is 0.435. The van der Waals surface area contributed by atoms with Crippen molar-refractivity contribution in [2.45, 2.75) is 56.0 Å². The van der Waals surface area contributed by atoms with Crippen LogP contribution in [0.2, 0.25) is 0 Å². The fourth-order valence-electron chi connectivity index (χ4n) is 3.85. The molecule has 1 aliphatic rings. The molecule has 10 heteroatoms. The van der Waals surface area contributed by atoms with Gasteiger partial charge in [-0.2, -0.15) is 5.26 Å². The molecule has 1 aliphatic carbocycles. The number of pyridine rings is 1. The molecule has 0 saturated heterocycles. The first kappa shape index (κ1) is 23.4. The molecule has 1 N–H and O–H groups in total. The van der Waals surface area contributed by atoms with E-state index in [0.29, 0.717) is 34.7 Å². The number of methoxy groups -OCH3 is 1. The van der Waals surface area contributed by atoms with Crippen LogP contribution in [0.15, 0.2) is 29.7 Å². The Kier molecular flexibility index (Phi) is 7.75. The summed E-state index contributed by atoms with van der Waals surface area (Å²) in [6.07, 6.45) is 8.73. The summed E-state index contributed by atoms with van der Waals surface area (Å²) in [6.45, 7) is 2.90. The highest BCUT2D eigenvalue weighted by Gasteiger charge is 2.25. The van der Waals surface area contributed by atoms with Gasteiger partial charge in [-0.25, -0.2) is 0 Å². The lowest BCUT2D eigenvalue weighted by Crippen LogP contribution is -2.23. The van der Waals surface area contributed by atoms with E-state index in [0.717, 1.165) is 36.8 Å². The monoisotopic (exact) mass is 482 g/mol. The minimum absolute atomic E-state index is 0.153. The Morgan fingerprint density at radius 3 is 2.85 bits per heavy atom. The summed E-state index contributed by atoms with van der Waals surface area (Å²) in [5, 5.41) is 22.3. The largest absolute Gasteiger partial charge is 0.383 e. The predicted octanol–water partition coefficient (Wildman–Crippen LogP) is 4.31. The summed E-state index contributed by atoms with van der Waals surface area (Å²) in [6, 6.07) is 6.08. The molecular formula is C23H26N6O2S2. The van der Waals surface area contributed by atoms with Gasteiger partial charge < -0.3 is 10.1 Å². The average molecular weight is 483 g/mol. The summed E-state index contributed by atoms with van der Waals surface area (Å²) < 4.78 is 7.22. The van der Waals surface area contributed by atoms with Crippen molar-refractivity contribution in [3.05, 3.63) is 40.5 Å².